The van der Waals surface area contributed by atoms with Crippen molar-refractivity contribution in [3.05, 3.63) is 0 Å². The Morgan fingerprint density at radius 3 is 1.32 bits per heavy atom. The molecule has 0 aromatic rings. The van der Waals surface area contributed by atoms with Crippen molar-refractivity contribution in [1.82, 2.24) is 0 Å². The topological polar surface area (TPSA) is 72.5 Å². The molecule has 0 aliphatic heterocycles. The molecule has 0 saturated carbocycles. The molecule has 0 saturated heterocycles. The van der Waals surface area contributed by atoms with Crippen LogP contribution in [0.3, 0.4) is 0 Å². The Kier molecular flexibility index (Phi) is 26.7. The van der Waals surface area contributed by atoms with Crippen molar-refractivity contribution in [1.29, 1.82) is 0 Å². The van der Waals surface area contributed by atoms with Crippen LogP contribution in [0.2, 0.25) is 0 Å². The molecule has 0 amide bonds. The highest BCUT2D eigenvalue weighted by Crippen LogP contribution is 2.10. The van der Waals surface area contributed by atoms with Crippen molar-refractivity contribution >= 4 is 5.97 Å². The lowest BCUT2D eigenvalue weighted by Gasteiger charge is -2.08. The van der Waals surface area contributed by atoms with Gasteiger partial charge in [0.25, 0.3) is 0 Å². The number of carbonyl (C=O) groups excluding carboxylic acids is 1. The molecule has 186 valence electrons. The summed E-state index contributed by atoms with van der Waals surface area (Å²) in [5.74, 6) is -0.123. The summed E-state index contributed by atoms with van der Waals surface area (Å²) >= 11 is 0. The Morgan fingerprint density at radius 2 is 0.871 bits per heavy atom. The van der Waals surface area contributed by atoms with Crippen LogP contribution in [0.1, 0.15) is 78.1 Å². The Morgan fingerprint density at radius 1 is 0.484 bits per heavy atom. The van der Waals surface area contributed by atoms with Crippen molar-refractivity contribution in [3.8, 4) is 0 Å². The number of unbranched alkanes of at least 4 members (excludes halogenated alkanes) is 8. The quantitative estimate of drug-likeness (QED) is 0.142. The van der Waals surface area contributed by atoms with E-state index in [0.29, 0.717) is 79.1 Å². The summed E-state index contributed by atoms with van der Waals surface area (Å²) in [6.07, 6.45) is 11.7. The first-order valence-electron chi connectivity index (χ1n) is 12.4. The molecule has 0 unspecified atom stereocenters. The molecular weight excluding hydrogens is 400 g/mol. The Hall–Kier alpha value is -0.730. The minimum absolute atomic E-state index is 0.123. The lowest BCUT2D eigenvalue weighted by atomic mass is 10.1. The van der Waals surface area contributed by atoms with E-state index in [0.717, 1.165) is 12.8 Å². The SMILES string of the molecule is CCCCCCCCCCCC(=O)OCCOCCOCCOCCOCCOCC. The number of carbonyl (C=O) groups is 1. The first-order valence-corrected chi connectivity index (χ1v) is 12.4. The van der Waals surface area contributed by atoms with Crippen molar-refractivity contribution in [3.63, 3.8) is 0 Å². The molecule has 0 heterocycles. The predicted octanol–water partition coefficient (Wildman–Crippen LogP) is 4.55. The van der Waals surface area contributed by atoms with E-state index in [4.69, 9.17) is 28.4 Å². The third-order valence-electron chi connectivity index (χ3n) is 4.67. The van der Waals surface area contributed by atoms with Crippen LogP contribution < -0.4 is 0 Å². The van der Waals surface area contributed by atoms with E-state index in [2.05, 4.69) is 6.92 Å². The molecule has 7 heteroatoms. The highest BCUT2D eigenvalue weighted by Gasteiger charge is 2.02. The van der Waals surface area contributed by atoms with E-state index in [-0.39, 0.29) is 5.97 Å². The van der Waals surface area contributed by atoms with Crippen molar-refractivity contribution < 1.29 is 33.2 Å². The van der Waals surface area contributed by atoms with E-state index < -0.39 is 0 Å². The van der Waals surface area contributed by atoms with Gasteiger partial charge in [-0.2, -0.15) is 0 Å². The molecule has 0 bridgehead atoms. The van der Waals surface area contributed by atoms with Crippen LogP contribution in [0.4, 0.5) is 0 Å². The van der Waals surface area contributed by atoms with Crippen LogP contribution in [0.5, 0.6) is 0 Å². The molecule has 0 spiro atoms. The fraction of sp³-hybridized carbons (Fsp3) is 0.958. The summed E-state index contributed by atoms with van der Waals surface area (Å²) in [6, 6.07) is 0. The monoisotopic (exact) mass is 448 g/mol. The molecule has 0 aromatic carbocycles. The summed E-state index contributed by atoms with van der Waals surface area (Å²) in [5.41, 5.74) is 0. The Balaban J connectivity index is 3.12. The van der Waals surface area contributed by atoms with Gasteiger partial charge in [0.15, 0.2) is 0 Å². The lowest BCUT2D eigenvalue weighted by Crippen LogP contribution is -2.15. The van der Waals surface area contributed by atoms with Crippen LogP contribution in [0, 0.1) is 0 Å². The molecule has 7 nitrogen and oxygen atoms in total. The van der Waals surface area contributed by atoms with Crippen LogP contribution in [0.15, 0.2) is 0 Å². The van der Waals surface area contributed by atoms with Gasteiger partial charge in [0.2, 0.25) is 0 Å². The second-order valence-electron chi connectivity index (χ2n) is 7.45. The molecule has 0 atom stereocenters. The van der Waals surface area contributed by atoms with E-state index >= 15 is 0 Å². The summed E-state index contributed by atoms with van der Waals surface area (Å²) in [6.45, 7) is 10.0. The fourth-order valence-corrected chi connectivity index (χ4v) is 2.89. The summed E-state index contributed by atoms with van der Waals surface area (Å²) in [4.78, 5) is 11.7. The third kappa shape index (κ3) is 27.2. The standard InChI is InChI=1S/C24H48O7/c1-3-5-6-7-8-9-10-11-12-13-24(25)31-23-22-30-21-20-29-19-18-28-17-16-27-15-14-26-4-2/h3-23H2,1-2H3. The van der Waals surface area contributed by atoms with Gasteiger partial charge >= 0.3 is 5.97 Å². The normalized spacial score (nSPS) is 11.2. The maximum atomic E-state index is 11.7. The van der Waals surface area contributed by atoms with Crippen LogP contribution in [0.25, 0.3) is 0 Å². The molecule has 31 heavy (non-hydrogen) atoms. The summed E-state index contributed by atoms with van der Waals surface area (Å²) in [5, 5.41) is 0. The number of hydrogen-bond donors (Lipinski definition) is 0. The molecule has 0 aromatic heterocycles. The predicted molar refractivity (Wildman–Crippen MR) is 123 cm³/mol. The van der Waals surface area contributed by atoms with Gasteiger partial charge in [-0.3, -0.25) is 4.79 Å². The molecule has 0 aliphatic rings. The first kappa shape index (κ1) is 30.3. The molecule has 0 aliphatic carbocycles. The molecule has 0 fully saturated rings. The van der Waals surface area contributed by atoms with E-state index in [1.807, 2.05) is 6.92 Å². The minimum Gasteiger partial charge on any atom is -0.463 e. The Bertz CT molecular complexity index is 353. The average Bonchev–Trinajstić information content (AvgIpc) is 2.77. The molecule has 0 rings (SSSR count). The van der Waals surface area contributed by atoms with Crippen LogP contribution in [-0.4, -0.2) is 78.6 Å². The lowest BCUT2D eigenvalue weighted by molar-refractivity contribution is -0.145. The van der Waals surface area contributed by atoms with E-state index in [1.54, 1.807) is 0 Å². The van der Waals surface area contributed by atoms with Crippen molar-refractivity contribution in [2.24, 2.45) is 0 Å². The third-order valence-corrected chi connectivity index (χ3v) is 4.67. The second-order valence-corrected chi connectivity index (χ2v) is 7.45. The van der Waals surface area contributed by atoms with Gasteiger partial charge in [-0.15, -0.1) is 0 Å². The maximum Gasteiger partial charge on any atom is 0.305 e. The zero-order chi connectivity index (χ0) is 22.7. The highest BCUT2D eigenvalue weighted by atomic mass is 16.6. The largest absolute Gasteiger partial charge is 0.463 e. The maximum absolute atomic E-state index is 11.7. The molecule has 0 N–H and O–H groups in total. The van der Waals surface area contributed by atoms with Gasteiger partial charge in [-0.1, -0.05) is 58.3 Å². The van der Waals surface area contributed by atoms with Gasteiger partial charge < -0.3 is 28.4 Å². The molecule has 0 radical (unpaired) electrons. The number of rotatable bonds is 26. The van der Waals surface area contributed by atoms with Gasteiger partial charge in [-0.05, 0) is 13.3 Å². The zero-order valence-electron chi connectivity index (χ0n) is 20.2. The fourth-order valence-electron chi connectivity index (χ4n) is 2.89. The van der Waals surface area contributed by atoms with Gasteiger partial charge in [-0.25, -0.2) is 0 Å². The first-order chi connectivity index (χ1) is 15.3. The van der Waals surface area contributed by atoms with Crippen LogP contribution >= 0.6 is 0 Å². The van der Waals surface area contributed by atoms with E-state index in [1.165, 1.54) is 44.9 Å². The van der Waals surface area contributed by atoms with Crippen molar-refractivity contribution in [2.45, 2.75) is 78.1 Å². The highest BCUT2D eigenvalue weighted by molar-refractivity contribution is 5.69. The number of ether oxygens (including phenoxy) is 6. The average molecular weight is 449 g/mol. The minimum atomic E-state index is -0.123. The smallest absolute Gasteiger partial charge is 0.305 e. The van der Waals surface area contributed by atoms with Gasteiger partial charge in [0.1, 0.15) is 6.61 Å². The number of hydrogen-bond acceptors (Lipinski definition) is 7. The summed E-state index contributed by atoms with van der Waals surface area (Å²) in [7, 11) is 0. The van der Waals surface area contributed by atoms with Crippen molar-refractivity contribution in [2.75, 3.05) is 72.7 Å². The Labute approximate surface area is 190 Å². The van der Waals surface area contributed by atoms with Gasteiger partial charge in [0, 0.05) is 13.0 Å². The van der Waals surface area contributed by atoms with Crippen LogP contribution in [-0.2, 0) is 33.2 Å². The summed E-state index contributed by atoms with van der Waals surface area (Å²) < 4.78 is 31.9. The molecular formula is C24H48O7. The van der Waals surface area contributed by atoms with E-state index in [9.17, 15) is 4.79 Å². The zero-order valence-corrected chi connectivity index (χ0v) is 20.2. The number of esters is 1. The second kappa shape index (κ2) is 27.3. The van der Waals surface area contributed by atoms with Gasteiger partial charge in [0.05, 0.1) is 59.5 Å².